The normalized spacial score (nSPS) is 17.8. The van der Waals surface area contributed by atoms with Gasteiger partial charge in [0.15, 0.2) is 0 Å². The minimum absolute atomic E-state index is 0. The summed E-state index contributed by atoms with van der Waals surface area (Å²) in [5, 5.41) is 50.9. The van der Waals surface area contributed by atoms with Crippen LogP contribution in [0.25, 0.3) is 44.4 Å². The Labute approximate surface area is 614 Å². The molecule has 0 radical (unpaired) electrons. The number of nitrogens with one attached hydrogen (secondary N) is 4. The van der Waals surface area contributed by atoms with Gasteiger partial charge in [-0.25, -0.2) is 9.97 Å². The number of amides is 2. The number of hydrogen-bond acceptors (Lipinski definition) is 24. The van der Waals surface area contributed by atoms with Gasteiger partial charge in [0.2, 0.25) is 11.8 Å². The molecule has 30 heteroatoms. The minimum Gasteiger partial charge on any atom is -0.550 e. The van der Waals surface area contributed by atoms with Gasteiger partial charge in [0, 0.05) is 96.4 Å². The first-order valence-electron chi connectivity index (χ1n) is 34.0. The first-order valence-corrected chi connectivity index (χ1v) is 34.0. The average molecular weight is 1760 g/mol. The third kappa shape index (κ3) is 29.2. The molecule has 7 rings (SSSR count). The van der Waals surface area contributed by atoms with Crippen LogP contribution in [0.2, 0.25) is 0 Å². The number of aromatic nitrogens is 4. The van der Waals surface area contributed by atoms with E-state index in [1.54, 1.807) is 20.3 Å². The molecule has 3 aromatic rings. The fraction of sp³-hybridized carbons (Fsp3) is 0.629. The fourth-order valence-corrected chi connectivity index (χ4v) is 11.9. The second-order valence-electron chi connectivity index (χ2n) is 24.9. The smallest absolute Gasteiger partial charge is 0.550 e. The molecule has 2 saturated carbocycles. The van der Waals surface area contributed by atoms with Gasteiger partial charge in [-0.1, -0.05) is 25.7 Å². The third-order valence-electron chi connectivity index (χ3n) is 17.7. The van der Waals surface area contributed by atoms with Gasteiger partial charge in [-0.2, -0.15) is 0 Å². The number of rotatable bonds is 38. The number of fused-ring (bicyclic) bond motifs is 8. The molecule has 0 spiro atoms. The number of aliphatic carboxylic acids is 4. The number of carbonyl (C=O) groups excluding carboxylic acids is 6. The number of ether oxygens (including phenoxy) is 8. The van der Waals surface area contributed by atoms with Gasteiger partial charge in [0.1, 0.15) is 0 Å². The summed E-state index contributed by atoms with van der Waals surface area (Å²) in [7, 11) is 3.21. The predicted octanol–water partition coefficient (Wildman–Crippen LogP) is 1.82. The Morgan fingerprint density at radius 3 is 1.12 bits per heavy atom. The Balaban J connectivity index is 0.00000126. The summed E-state index contributed by atoms with van der Waals surface area (Å²) in [6.45, 7) is 16.1. The van der Waals surface area contributed by atoms with Crippen LogP contribution in [0.1, 0.15) is 188 Å². The zero-order valence-electron chi connectivity index (χ0n) is 58.9. The molecule has 12 N–H and O–H groups in total. The van der Waals surface area contributed by atoms with Gasteiger partial charge in [0.05, 0.1) is 138 Å². The topological polar surface area (TPSA) is 454 Å². The average Bonchev–Trinajstić information content (AvgIpc) is 1.62. The van der Waals surface area contributed by atoms with Crippen LogP contribution < -0.4 is 54.0 Å². The predicted molar refractivity (Wildman–Crippen MR) is 361 cm³/mol. The van der Waals surface area contributed by atoms with Crippen LogP contribution in [0, 0.1) is 13.8 Å². The number of hydrogen-bond donors (Lipinski definition) is 8. The molecular weight excluding hydrogens is 1660 g/mol. The quantitative estimate of drug-likeness (QED) is 0.0379. The van der Waals surface area contributed by atoms with E-state index in [1.165, 1.54) is 25.7 Å². The second kappa shape index (κ2) is 46.8. The Morgan fingerprint density at radius 2 is 0.790 bits per heavy atom. The van der Waals surface area contributed by atoms with Gasteiger partial charge in [-0.3, -0.25) is 9.59 Å². The van der Waals surface area contributed by atoms with Gasteiger partial charge in [-0.15, -0.1) is 0 Å². The van der Waals surface area contributed by atoms with Crippen LogP contribution in [0.3, 0.4) is 0 Å². The van der Waals surface area contributed by atoms with Crippen LogP contribution >= 0.6 is 0 Å². The summed E-state index contributed by atoms with van der Waals surface area (Å²) in [6.07, 6.45) is 6.11. The van der Waals surface area contributed by atoms with Gasteiger partial charge in [-0.05, 0) is 163 Å². The molecule has 100 heavy (non-hydrogen) atoms. The second-order valence-corrected chi connectivity index (χ2v) is 24.9. The maximum Gasteiger partial charge on any atom is 2.00 e. The van der Waals surface area contributed by atoms with Crippen molar-refractivity contribution in [2.75, 3.05) is 93.5 Å². The summed E-state index contributed by atoms with van der Waals surface area (Å²) in [4.78, 5) is 90.5. The molecule has 4 aliphatic rings. The van der Waals surface area contributed by atoms with Crippen molar-refractivity contribution >= 4 is 80.1 Å². The van der Waals surface area contributed by atoms with E-state index in [4.69, 9.17) is 70.8 Å². The molecule has 0 aromatic carbocycles. The minimum atomic E-state index is -1.65. The van der Waals surface area contributed by atoms with E-state index < -0.39 is 85.7 Å². The number of nitrogens with zero attached hydrogens (tertiary/aromatic N) is 2. The maximum absolute atomic E-state index is 13.4. The fourth-order valence-electron chi connectivity index (χ4n) is 11.9. The van der Waals surface area contributed by atoms with E-state index >= 15 is 0 Å². The van der Waals surface area contributed by atoms with E-state index in [0.29, 0.717) is 122 Å². The van der Waals surface area contributed by atoms with Crippen LogP contribution in [-0.4, -0.2) is 185 Å². The molecule has 8 bridgehead atoms. The number of carboxylic acid groups (broad SMARTS) is 4. The molecule has 28 nitrogen and oxygen atoms in total. The van der Waals surface area contributed by atoms with Crippen molar-refractivity contribution < 1.29 is 129 Å². The zero-order valence-corrected chi connectivity index (χ0v) is 63.5. The number of methoxy groups -OCH3 is 2. The van der Waals surface area contributed by atoms with Gasteiger partial charge >= 0.3 is 42.1 Å². The van der Waals surface area contributed by atoms with Crippen molar-refractivity contribution in [3.63, 3.8) is 0 Å². The van der Waals surface area contributed by atoms with E-state index in [-0.39, 0.29) is 105 Å². The number of allylic oxidation sites excluding steroid dienone is 4. The van der Waals surface area contributed by atoms with Gasteiger partial charge < -0.3 is 121 Å². The van der Waals surface area contributed by atoms with E-state index in [0.717, 1.165) is 59.0 Å². The molecule has 2 fully saturated rings. The SMILES string of the molecule is COCCOCCOCCOC(C)c1c(C)c2cc3[nH]c(cc4nc(cc5nc(cc1[nH]2)C(C)=C5CCC(=O)NC(CCC(=O)[O-])C(=O)[O-])C(CCC(=O)NC(CCC(=O)[O-])C(=O)[O-])=C4C)c(C)c3C(C)OCCOCCOCCOC.N[C@H]1CCCC[C@@H]1N.N[C@H]1CCCC[C@@H]1N.[Pt+2].[Pt+2]. The zero-order chi connectivity index (χ0) is 71.8. The van der Waals surface area contributed by atoms with Crippen molar-refractivity contribution in [1.82, 2.24) is 30.6 Å². The summed E-state index contributed by atoms with van der Waals surface area (Å²) in [5.41, 5.74) is 33.2. The molecule has 2 aliphatic carbocycles. The van der Waals surface area contributed by atoms with E-state index in [2.05, 4.69) is 20.6 Å². The number of aromatic amines is 2. The van der Waals surface area contributed by atoms with Crippen molar-refractivity contribution in [3.8, 4) is 0 Å². The maximum atomic E-state index is 13.4. The van der Waals surface area contributed by atoms with Crippen LogP contribution in [0.5, 0.6) is 0 Å². The van der Waals surface area contributed by atoms with Crippen LogP contribution in [0.15, 0.2) is 24.3 Å². The third-order valence-corrected chi connectivity index (χ3v) is 17.7. The molecule has 5 heterocycles. The van der Waals surface area contributed by atoms with Crippen molar-refractivity contribution in [1.29, 1.82) is 0 Å². The standard InChI is InChI=1S/C58H80N6O18.2C6H14N2.2Pt/c1-33-39(9-13-51(65)63-41(57(71)72)11-15-53(67)68)47-32-48-40(10-14-52(66)64-42(58(73)74)12-16-54(69)70)34(2)44(60-48)30-49-56(38(6)82-28-26-80-24-22-78-20-18-76-8)36(4)46(62-49)31-50-55(35(3)45(61-50)29-43(33)59-47)37(5)81-27-25-79-23-21-77-19-17-75-7;2*7-5-3-1-2-4-6(5)8;;/h29-32,37-38,41-42,61-62H,9-28H2,1-8H3,(H,63,65)(H,64,66)(H,67,68)(H,69,70)(H,71,72)(H,73,74);2*5-6H,1-4,7-8H2;;/q;;;2*+2/p-4/t;2*5-,6-;;/m.00../s1. The van der Waals surface area contributed by atoms with Crippen LogP contribution in [-0.2, 0) is 109 Å². The molecule has 2 amide bonds. The summed E-state index contributed by atoms with van der Waals surface area (Å²) >= 11 is 0. The molecule has 562 valence electrons. The summed E-state index contributed by atoms with van der Waals surface area (Å²) in [6, 6.07) is 5.44. The van der Waals surface area contributed by atoms with Crippen molar-refractivity contribution in [2.45, 2.75) is 193 Å². The Hall–Kier alpha value is -5.68. The molecule has 4 unspecified atom stereocenters. The Kier molecular flexibility index (Phi) is 41.5. The molecule has 0 saturated heterocycles. The van der Waals surface area contributed by atoms with E-state index in [9.17, 15) is 49.2 Å². The number of nitrogens with two attached hydrogens (primary N) is 4. The van der Waals surface area contributed by atoms with Crippen molar-refractivity contribution in [3.05, 3.63) is 69.3 Å². The molecule has 2 aliphatic heterocycles. The molecular formula is C70H104N10O18Pt2. The first-order chi connectivity index (χ1) is 46.8. The monoisotopic (exact) mass is 1760 g/mol. The summed E-state index contributed by atoms with van der Waals surface area (Å²) in [5.74, 6) is -7.65. The largest absolute Gasteiger partial charge is 2.00 e. The number of carbonyl (C=O) groups is 6. The number of H-pyrrole nitrogens is 2. The Bertz CT molecular complexity index is 3310. The number of aryl methyl sites for hydroxylation is 2. The molecule has 3 aromatic heterocycles. The molecule has 8 atom stereocenters. The summed E-state index contributed by atoms with van der Waals surface area (Å²) < 4.78 is 45.5. The van der Waals surface area contributed by atoms with Crippen molar-refractivity contribution in [2.24, 2.45) is 22.9 Å². The van der Waals surface area contributed by atoms with Gasteiger partial charge in [0.25, 0.3) is 0 Å². The van der Waals surface area contributed by atoms with E-state index in [1.807, 2.05) is 59.7 Å². The van der Waals surface area contributed by atoms with Crippen LogP contribution in [0.4, 0.5) is 0 Å². The Morgan fingerprint density at radius 1 is 0.470 bits per heavy atom. The number of carboxylic acids is 4. The first kappa shape index (κ1) is 88.5.